The fourth-order valence-corrected chi connectivity index (χ4v) is 17.7. The van der Waals surface area contributed by atoms with E-state index in [4.69, 9.17) is 0 Å². The van der Waals surface area contributed by atoms with Gasteiger partial charge in [-0.25, -0.2) is 0 Å². The Balaban J connectivity index is 1.05. The number of hydrogen-bond donors (Lipinski definition) is 0. The predicted molar refractivity (Wildman–Crippen MR) is 479 cm³/mol. The minimum atomic E-state index is -0.217. The summed E-state index contributed by atoms with van der Waals surface area (Å²) in [4.78, 5) is 5.44. The number of rotatable bonds is 6. The molecule has 0 unspecified atom stereocenters. The number of hydrogen-bond acceptors (Lipinski definition) is 2. The van der Waals surface area contributed by atoms with Crippen molar-refractivity contribution in [3.05, 3.63) is 275 Å². The quantitative estimate of drug-likeness (QED) is 0.155. The summed E-state index contributed by atoms with van der Waals surface area (Å²) >= 11 is 0. The van der Waals surface area contributed by atoms with Crippen LogP contribution in [-0.4, -0.2) is 20.4 Å². The molecule has 2 aliphatic rings. The molecule has 0 amide bonds. The van der Waals surface area contributed by atoms with Crippen molar-refractivity contribution in [2.24, 2.45) is 0 Å². The lowest BCUT2D eigenvalue weighted by Crippen LogP contribution is -2.61. The second kappa shape index (κ2) is 24.6. The first-order chi connectivity index (χ1) is 51.6. The molecule has 6 heteroatoms. The lowest BCUT2D eigenvalue weighted by molar-refractivity contribution is 0.568. The Labute approximate surface area is 654 Å². The molecule has 0 fully saturated rings. The van der Waals surface area contributed by atoms with E-state index in [1.165, 1.54) is 143 Å². The van der Waals surface area contributed by atoms with E-state index >= 15 is 0 Å². The van der Waals surface area contributed by atoms with Gasteiger partial charge in [-0.2, -0.15) is 0 Å². The van der Waals surface area contributed by atoms with Crippen LogP contribution in [0.5, 0.6) is 0 Å². The van der Waals surface area contributed by atoms with Gasteiger partial charge in [-0.05, 0) is 243 Å². The third kappa shape index (κ3) is 12.0. The maximum atomic E-state index is 2.72. The first-order valence-corrected chi connectivity index (χ1v) is 40.2. The molecule has 554 valence electrons. The molecule has 0 atom stereocenters. The Bertz CT molecular complexity index is 6090. The van der Waals surface area contributed by atoms with Crippen LogP contribution in [0.3, 0.4) is 0 Å². The van der Waals surface area contributed by atoms with Gasteiger partial charge in [0.1, 0.15) is 0 Å². The van der Waals surface area contributed by atoms with Crippen molar-refractivity contribution in [1.29, 1.82) is 0 Å². The monoisotopic (exact) mass is 1440 g/mol. The fourth-order valence-electron chi connectivity index (χ4n) is 17.7. The van der Waals surface area contributed by atoms with Gasteiger partial charge in [-0.15, -0.1) is 0 Å². The largest absolute Gasteiger partial charge is 0.311 e. The third-order valence-corrected chi connectivity index (χ3v) is 24.4. The van der Waals surface area contributed by atoms with Crippen LogP contribution in [0.15, 0.2) is 231 Å². The van der Waals surface area contributed by atoms with E-state index in [9.17, 15) is 0 Å². The highest BCUT2D eigenvalue weighted by atomic mass is 15.2. The third-order valence-electron chi connectivity index (χ3n) is 24.4. The van der Waals surface area contributed by atoms with Gasteiger partial charge < -0.3 is 23.5 Å². The van der Waals surface area contributed by atoms with Crippen LogP contribution in [0.25, 0.3) is 93.6 Å². The van der Waals surface area contributed by atoms with Gasteiger partial charge in [0, 0.05) is 77.8 Å². The number of benzene rings is 12. The summed E-state index contributed by atoms with van der Waals surface area (Å²) < 4.78 is 7.74. The highest BCUT2D eigenvalue weighted by Crippen LogP contribution is 2.52. The molecule has 0 bridgehead atoms. The Hall–Kier alpha value is -10.3. The maximum Gasteiger partial charge on any atom is 0.252 e. The second-order valence-corrected chi connectivity index (χ2v) is 40.6. The van der Waals surface area contributed by atoms with Crippen LogP contribution in [0.4, 0.5) is 34.1 Å². The average molecular weight is 1440 g/mol. The van der Waals surface area contributed by atoms with E-state index in [-0.39, 0.29) is 50.0 Å². The number of fused-ring (bicyclic) bond motifs is 13. The van der Waals surface area contributed by atoms with Crippen molar-refractivity contribution in [3.8, 4) is 28.2 Å². The highest BCUT2D eigenvalue weighted by molar-refractivity contribution is 7.00. The molecule has 0 radical (unpaired) electrons. The zero-order valence-corrected chi connectivity index (χ0v) is 69.8. The topological polar surface area (TPSA) is 21.3 Å². The summed E-state index contributed by atoms with van der Waals surface area (Å²) in [5.41, 5.74) is 33.1. The first-order valence-electron chi connectivity index (χ1n) is 40.2. The van der Waals surface area contributed by atoms with Crippen molar-refractivity contribution in [1.82, 2.24) is 13.7 Å². The summed E-state index contributed by atoms with van der Waals surface area (Å²) in [6, 6.07) is 91.6. The van der Waals surface area contributed by atoms with Crippen LogP contribution in [0.2, 0.25) is 0 Å². The van der Waals surface area contributed by atoms with Crippen LogP contribution in [-0.2, 0) is 43.3 Å². The Morgan fingerprint density at radius 1 is 0.200 bits per heavy atom. The minimum Gasteiger partial charge on any atom is -0.311 e. The normalized spacial score (nSPS) is 13.9. The first kappa shape index (κ1) is 72.6. The molecular formula is C104H110BN5. The van der Waals surface area contributed by atoms with E-state index in [1.54, 1.807) is 0 Å². The van der Waals surface area contributed by atoms with E-state index in [2.05, 4.69) is 420 Å². The Kier molecular flexibility index (Phi) is 16.2. The molecule has 2 aliphatic heterocycles. The average Bonchev–Trinajstić information content (AvgIpc) is 0.914. The summed E-state index contributed by atoms with van der Waals surface area (Å²) in [5.74, 6) is 0. The van der Waals surface area contributed by atoms with Crippen molar-refractivity contribution < 1.29 is 0 Å². The molecule has 5 heterocycles. The number of nitrogens with zero attached hydrogens (tertiary/aromatic N) is 5. The van der Waals surface area contributed by atoms with E-state index in [0.29, 0.717) is 0 Å². The van der Waals surface area contributed by atoms with Gasteiger partial charge in [-0.3, -0.25) is 0 Å². The molecule has 15 aromatic rings. The maximum absolute atomic E-state index is 2.72. The highest BCUT2D eigenvalue weighted by Gasteiger charge is 2.46. The lowest BCUT2D eigenvalue weighted by Gasteiger charge is -2.45. The van der Waals surface area contributed by atoms with Crippen LogP contribution < -0.4 is 26.2 Å². The number of aromatic nitrogens is 3. The molecule has 3 aromatic heterocycles. The molecule has 0 saturated carbocycles. The smallest absolute Gasteiger partial charge is 0.252 e. The molecule has 0 aliphatic carbocycles. The van der Waals surface area contributed by atoms with Crippen LogP contribution in [0, 0.1) is 0 Å². The van der Waals surface area contributed by atoms with Gasteiger partial charge in [-0.1, -0.05) is 269 Å². The molecular weight excluding hydrogens is 1330 g/mol. The van der Waals surface area contributed by atoms with Crippen molar-refractivity contribution >= 4 is 123 Å². The fraction of sp³-hybridized carbons (Fsp3) is 0.308. The van der Waals surface area contributed by atoms with E-state index in [1.807, 2.05) is 0 Å². The van der Waals surface area contributed by atoms with Gasteiger partial charge >= 0.3 is 0 Å². The summed E-state index contributed by atoms with van der Waals surface area (Å²) in [7, 11) is 0. The van der Waals surface area contributed by atoms with E-state index in [0.717, 1.165) is 45.5 Å². The van der Waals surface area contributed by atoms with Crippen LogP contribution in [0.1, 0.15) is 211 Å². The summed E-state index contributed by atoms with van der Waals surface area (Å²) in [6.07, 6.45) is 0. The molecule has 110 heavy (non-hydrogen) atoms. The summed E-state index contributed by atoms with van der Waals surface area (Å²) in [5, 5.41) is 7.54. The molecule has 12 aromatic carbocycles. The van der Waals surface area contributed by atoms with Crippen molar-refractivity contribution in [2.45, 2.75) is 209 Å². The Morgan fingerprint density at radius 2 is 0.500 bits per heavy atom. The van der Waals surface area contributed by atoms with Crippen LogP contribution >= 0.6 is 0 Å². The summed E-state index contributed by atoms with van der Waals surface area (Å²) in [6.45, 7) is 56.6. The van der Waals surface area contributed by atoms with Crippen molar-refractivity contribution in [3.63, 3.8) is 0 Å². The molecule has 17 rings (SSSR count). The SMILES string of the molecule is CC(C)(C)c1cc(N2c3cc(-n4c5ccccc5c5cc(-c6ccccc6)ccc54)ccc3B3c4ccc(-n5c6ccc(C(C)(C)C)cc6c6cc(C(C)(C)C)ccc65)cc4N(c4cc(C(C)(C)C)cc(C(C)(C)C)c4)c4cc(-n5c6ccc(C(C)(C)C)cc6c6cc(C(C)(C)C)ccc65)cc2c43)cc(C(C)(C)C)c1. The Morgan fingerprint density at radius 3 is 0.855 bits per heavy atom. The molecule has 0 N–H and O–H groups in total. The van der Waals surface area contributed by atoms with Gasteiger partial charge in [0.15, 0.2) is 0 Å². The molecule has 0 spiro atoms. The standard InChI is InChI=1S/C104H110BN5/c1-97(2,3)65-35-44-88-80(55-65)81-56-66(98(4,5)6)36-45-89(81)107(88)74-40-42-85-93(60-74)110(76-53-71(103(19,20)21)50-72(54-76)104(22,23)24)95-62-77(108-90-46-37-67(99(7,8)9)57-82(90)83-58-68(100(10,11)12)38-47-91(83)108)61-94-96(95)105(85)84-41-39-73(59-92(84)109(94)75-51-69(101(13,14)15)49-70(52-75)102(16,17)18)106-86-33-29-28-32-78(86)79-48-64(34-43-87(79)106)63-30-26-25-27-31-63/h25-62H,1-24H3. The number of anilines is 6. The van der Waals surface area contributed by atoms with Gasteiger partial charge in [0.2, 0.25) is 0 Å². The van der Waals surface area contributed by atoms with Gasteiger partial charge in [0.05, 0.1) is 38.8 Å². The predicted octanol–water partition coefficient (Wildman–Crippen LogP) is 27.1. The lowest BCUT2D eigenvalue weighted by atomic mass is 9.33. The molecule has 5 nitrogen and oxygen atoms in total. The van der Waals surface area contributed by atoms with E-state index < -0.39 is 0 Å². The van der Waals surface area contributed by atoms with Gasteiger partial charge in [0.25, 0.3) is 6.71 Å². The zero-order valence-electron chi connectivity index (χ0n) is 69.8. The minimum absolute atomic E-state index is 0.0495. The zero-order chi connectivity index (χ0) is 78.0. The molecule has 0 saturated heterocycles. The number of para-hydroxylation sites is 1. The van der Waals surface area contributed by atoms with Crippen molar-refractivity contribution in [2.75, 3.05) is 9.80 Å². The second-order valence-electron chi connectivity index (χ2n) is 40.6.